The summed E-state index contributed by atoms with van der Waals surface area (Å²) in [4.78, 5) is 0. The molecule has 2 N–H and O–H groups in total. The Kier molecular flexibility index (Phi) is 3.22. The summed E-state index contributed by atoms with van der Waals surface area (Å²) in [6.07, 6.45) is 3.99. The smallest absolute Gasteiger partial charge is 0.192 e. The van der Waals surface area contributed by atoms with Crippen molar-refractivity contribution in [2.45, 2.75) is 18.5 Å². The fourth-order valence-corrected chi connectivity index (χ4v) is 1.19. The van der Waals surface area contributed by atoms with E-state index in [1.54, 1.807) is 14.2 Å². The number of hydrogen-bond donors (Lipinski definition) is 1. The zero-order valence-corrected chi connectivity index (χ0v) is 7.45. The van der Waals surface area contributed by atoms with Crippen LogP contribution in [0.25, 0.3) is 0 Å². The quantitative estimate of drug-likeness (QED) is 0.618. The Morgan fingerprint density at radius 1 is 1.58 bits per heavy atom. The summed E-state index contributed by atoms with van der Waals surface area (Å²) < 4.78 is 15.6. The lowest BCUT2D eigenvalue weighted by Crippen LogP contribution is -2.34. The Balaban J connectivity index is 2.55. The van der Waals surface area contributed by atoms with Crippen molar-refractivity contribution >= 4 is 0 Å². The van der Waals surface area contributed by atoms with E-state index >= 15 is 0 Å². The molecule has 4 heteroatoms. The molecule has 0 aromatic rings. The molecule has 1 aliphatic heterocycles. The van der Waals surface area contributed by atoms with Gasteiger partial charge in [0, 0.05) is 20.6 Å². The second-order valence-electron chi connectivity index (χ2n) is 2.64. The Morgan fingerprint density at radius 3 is 2.75 bits per heavy atom. The molecule has 70 valence electrons. The third-order valence-electron chi connectivity index (χ3n) is 1.89. The van der Waals surface area contributed by atoms with Gasteiger partial charge in [-0.2, -0.15) is 0 Å². The zero-order chi connectivity index (χ0) is 9.03. The molecule has 0 saturated heterocycles. The number of hydrogen-bond acceptors (Lipinski definition) is 4. The topological polar surface area (TPSA) is 53.7 Å². The number of nitrogens with two attached hydrogens (primary N) is 1. The molecule has 0 saturated carbocycles. The number of ether oxygens (including phenoxy) is 3. The van der Waals surface area contributed by atoms with Crippen molar-refractivity contribution in [2.75, 3.05) is 20.8 Å². The lowest BCUT2D eigenvalue weighted by atomic mass is 10.2. The molecular weight excluding hydrogens is 158 g/mol. The highest BCUT2D eigenvalue weighted by Crippen LogP contribution is 2.27. The van der Waals surface area contributed by atoms with Gasteiger partial charge in [-0.1, -0.05) is 0 Å². The molecule has 4 nitrogen and oxygen atoms in total. The van der Waals surface area contributed by atoms with E-state index in [2.05, 4.69) is 0 Å². The average Bonchev–Trinajstić information content (AvgIpc) is 2.50. The second-order valence-corrected chi connectivity index (χ2v) is 2.64. The predicted molar refractivity (Wildman–Crippen MR) is 44.4 cm³/mol. The van der Waals surface area contributed by atoms with E-state index in [0.29, 0.717) is 13.0 Å². The standard InChI is InChI=1S/C8H15NO3/c1-10-7-3-4-8(11-2,12-7)5-6-9/h3-4,7H,5-6,9H2,1-2H3/t7-,8-/m0/s1. The van der Waals surface area contributed by atoms with E-state index in [9.17, 15) is 0 Å². The third-order valence-corrected chi connectivity index (χ3v) is 1.89. The predicted octanol–water partition coefficient (Wildman–Crippen LogP) is 0.237. The van der Waals surface area contributed by atoms with Crippen LogP contribution in [0.3, 0.4) is 0 Å². The van der Waals surface area contributed by atoms with Crippen LogP contribution in [-0.2, 0) is 14.2 Å². The summed E-state index contributed by atoms with van der Waals surface area (Å²) in [5.41, 5.74) is 5.42. The molecule has 0 aromatic heterocycles. The summed E-state index contributed by atoms with van der Waals surface area (Å²) in [6, 6.07) is 0. The van der Waals surface area contributed by atoms with Gasteiger partial charge in [0.1, 0.15) is 0 Å². The molecule has 1 rings (SSSR count). The van der Waals surface area contributed by atoms with E-state index in [1.165, 1.54) is 0 Å². The van der Waals surface area contributed by atoms with Gasteiger partial charge in [0.05, 0.1) is 0 Å². The highest BCUT2D eigenvalue weighted by atomic mass is 16.8. The normalized spacial score (nSPS) is 34.4. The van der Waals surface area contributed by atoms with Gasteiger partial charge in [-0.3, -0.25) is 0 Å². The minimum Gasteiger partial charge on any atom is -0.352 e. The van der Waals surface area contributed by atoms with Crippen LogP contribution >= 0.6 is 0 Å². The third kappa shape index (κ3) is 1.84. The van der Waals surface area contributed by atoms with Gasteiger partial charge >= 0.3 is 0 Å². The maximum absolute atomic E-state index is 5.45. The van der Waals surface area contributed by atoms with E-state index in [1.807, 2.05) is 12.2 Å². The minimum absolute atomic E-state index is 0.309. The van der Waals surface area contributed by atoms with Crippen molar-refractivity contribution < 1.29 is 14.2 Å². The van der Waals surface area contributed by atoms with Crippen LogP contribution in [0.4, 0.5) is 0 Å². The molecule has 0 aromatic carbocycles. The fourth-order valence-electron chi connectivity index (χ4n) is 1.19. The first-order chi connectivity index (χ1) is 5.76. The van der Waals surface area contributed by atoms with E-state index in [0.717, 1.165) is 0 Å². The minimum atomic E-state index is -0.671. The van der Waals surface area contributed by atoms with Crippen LogP contribution in [0.15, 0.2) is 12.2 Å². The molecule has 1 heterocycles. The Morgan fingerprint density at radius 2 is 2.33 bits per heavy atom. The molecule has 0 unspecified atom stereocenters. The van der Waals surface area contributed by atoms with E-state index < -0.39 is 5.79 Å². The highest BCUT2D eigenvalue weighted by Gasteiger charge is 2.34. The monoisotopic (exact) mass is 173 g/mol. The summed E-state index contributed by atoms with van der Waals surface area (Å²) in [5.74, 6) is -0.671. The van der Waals surface area contributed by atoms with Gasteiger partial charge in [0.15, 0.2) is 12.1 Å². The van der Waals surface area contributed by atoms with Gasteiger partial charge in [-0.05, 0) is 18.7 Å². The van der Waals surface area contributed by atoms with Crippen molar-refractivity contribution in [1.29, 1.82) is 0 Å². The summed E-state index contributed by atoms with van der Waals surface area (Å²) >= 11 is 0. The Bertz CT molecular complexity index is 172. The van der Waals surface area contributed by atoms with Crippen molar-refractivity contribution in [3.05, 3.63) is 12.2 Å². The maximum atomic E-state index is 5.45. The van der Waals surface area contributed by atoms with Crippen LogP contribution in [-0.4, -0.2) is 32.8 Å². The lowest BCUT2D eigenvalue weighted by Gasteiger charge is -2.26. The van der Waals surface area contributed by atoms with Crippen LogP contribution in [0, 0.1) is 0 Å². The van der Waals surface area contributed by atoms with Crippen molar-refractivity contribution in [3.8, 4) is 0 Å². The lowest BCUT2D eigenvalue weighted by molar-refractivity contribution is -0.243. The number of methoxy groups -OCH3 is 2. The first kappa shape index (κ1) is 9.67. The summed E-state index contributed by atoms with van der Waals surface area (Å²) in [5, 5.41) is 0. The Labute approximate surface area is 72.3 Å². The van der Waals surface area contributed by atoms with Gasteiger partial charge in [-0.15, -0.1) is 0 Å². The highest BCUT2D eigenvalue weighted by molar-refractivity contribution is 5.04. The van der Waals surface area contributed by atoms with Crippen molar-refractivity contribution in [1.82, 2.24) is 0 Å². The van der Waals surface area contributed by atoms with Crippen molar-refractivity contribution in [2.24, 2.45) is 5.73 Å². The Hall–Kier alpha value is -0.420. The summed E-state index contributed by atoms with van der Waals surface area (Å²) in [7, 11) is 3.18. The molecular formula is C8H15NO3. The first-order valence-electron chi connectivity index (χ1n) is 3.91. The number of rotatable bonds is 4. The average molecular weight is 173 g/mol. The first-order valence-corrected chi connectivity index (χ1v) is 3.91. The SMILES string of the molecule is CO[C@@H]1C=C[C@](CCN)(OC)O1. The molecule has 0 fully saturated rings. The molecule has 12 heavy (non-hydrogen) atoms. The molecule has 0 spiro atoms. The van der Waals surface area contributed by atoms with Gasteiger partial charge in [0.25, 0.3) is 0 Å². The van der Waals surface area contributed by atoms with Gasteiger partial charge < -0.3 is 19.9 Å². The van der Waals surface area contributed by atoms with E-state index in [4.69, 9.17) is 19.9 Å². The molecule has 0 aliphatic carbocycles. The van der Waals surface area contributed by atoms with Crippen molar-refractivity contribution in [3.63, 3.8) is 0 Å². The van der Waals surface area contributed by atoms with Gasteiger partial charge in [-0.25, -0.2) is 0 Å². The van der Waals surface area contributed by atoms with Crippen LogP contribution in [0.2, 0.25) is 0 Å². The largest absolute Gasteiger partial charge is 0.352 e. The second kappa shape index (κ2) is 4.00. The van der Waals surface area contributed by atoms with Gasteiger partial charge in [0.2, 0.25) is 0 Å². The fraction of sp³-hybridized carbons (Fsp3) is 0.750. The maximum Gasteiger partial charge on any atom is 0.192 e. The van der Waals surface area contributed by atoms with Crippen LogP contribution in [0.1, 0.15) is 6.42 Å². The zero-order valence-electron chi connectivity index (χ0n) is 7.45. The molecule has 0 amide bonds. The van der Waals surface area contributed by atoms with E-state index in [-0.39, 0.29) is 6.29 Å². The molecule has 0 radical (unpaired) electrons. The molecule has 2 atom stereocenters. The summed E-state index contributed by atoms with van der Waals surface area (Å²) in [6.45, 7) is 0.522. The van der Waals surface area contributed by atoms with Crippen LogP contribution < -0.4 is 5.73 Å². The van der Waals surface area contributed by atoms with Crippen LogP contribution in [0.5, 0.6) is 0 Å². The molecule has 1 aliphatic rings. The molecule has 0 bridgehead atoms.